The maximum atomic E-state index is 10.0. The smallest absolute Gasteiger partial charge is 0.0661 e. The van der Waals surface area contributed by atoms with Crippen molar-refractivity contribution in [1.82, 2.24) is 0 Å². The lowest BCUT2D eigenvalue weighted by Crippen LogP contribution is -3.02. The second-order valence-corrected chi connectivity index (χ2v) is 5.81. The Labute approximate surface area is 74.3 Å². The van der Waals surface area contributed by atoms with Crippen molar-refractivity contribution in [3.63, 3.8) is 0 Å². The van der Waals surface area contributed by atoms with Gasteiger partial charge < -0.3 is 9.45 Å². The molecule has 0 heterocycles. The number of nitrogens with one attached hydrogen (secondary N) is 1. The molecule has 0 aromatic rings. The maximum absolute atomic E-state index is 10.0. The Morgan fingerprint density at radius 2 is 1.73 bits per heavy atom. The van der Waals surface area contributed by atoms with E-state index in [2.05, 4.69) is 32.3 Å². The van der Waals surface area contributed by atoms with Crippen molar-refractivity contribution in [2.24, 2.45) is 0 Å². The fourth-order valence-corrected chi connectivity index (χ4v) is 1.25. The van der Waals surface area contributed by atoms with Crippen LogP contribution < -0.4 is 4.90 Å². The van der Waals surface area contributed by atoms with Crippen molar-refractivity contribution in [2.75, 3.05) is 26.9 Å². The second kappa shape index (κ2) is 6.97. The zero-order valence-electron chi connectivity index (χ0n) is 7.55. The summed E-state index contributed by atoms with van der Waals surface area (Å²) < 4.78 is 20.1. The van der Waals surface area contributed by atoms with Gasteiger partial charge in [0.1, 0.15) is 0 Å². The van der Waals surface area contributed by atoms with E-state index in [1.54, 1.807) is 6.92 Å². The van der Waals surface area contributed by atoms with E-state index in [0.717, 1.165) is 0 Å². The lowest BCUT2D eigenvalue weighted by Gasteiger charge is -2.05. The molecule has 3 nitrogen and oxygen atoms in total. The number of quaternary nitrogens is 1. The Hall–Kier alpha value is 0.290. The van der Waals surface area contributed by atoms with E-state index in [9.17, 15) is 8.76 Å². The minimum atomic E-state index is -3.09. The van der Waals surface area contributed by atoms with Crippen LogP contribution in [-0.2, 0) is 20.0 Å². The van der Waals surface area contributed by atoms with Gasteiger partial charge in [-0.25, -0.2) is 0 Å². The van der Waals surface area contributed by atoms with Gasteiger partial charge >= 0.3 is 0 Å². The fourth-order valence-electron chi connectivity index (χ4n) is 0.250. The van der Waals surface area contributed by atoms with E-state index in [4.69, 9.17) is 0 Å². The summed E-state index contributed by atoms with van der Waals surface area (Å²) in [5, 5.41) is 0. The van der Waals surface area contributed by atoms with Gasteiger partial charge in [0.25, 0.3) is 0 Å². The van der Waals surface area contributed by atoms with Crippen molar-refractivity contribution < 1.29 is 13.7 Å². The second-order valence-electron chi connectivity index (χ2n) is 2.76. The molecule has 0 fully saturated rings. The number of hydrogen-bond acceptors (Lipinski definition) is 3. The SMILES string of the molecule is CCCS(=O)([O-])=S.C[NH+](C)C. The summed E-state index contributed by atoms with van der Waals surface area (Å²) in [7, 11) is 3.16. The monoisotopic (exact) mass is 199 g/mol. The molecule has 0 aromatic heterocycles. The zero-order valence-corrected chi connectivity index (χ0v) is 9.18. The van der Waals surface area contributed by atoms with Crippen LogP contribution in [-0.4, -0.2) is 35.7 Å². The summed E-state index contributed by atoms with van der Waals surface area (Å²) >= 11 is 4.06. The molecule has 0 aliphatic rings. The standard InChI is InChI=1S/C3H9N.C3H8O2S2/c1-4(2)3;1-2-3-7(4,5)6/h1-3H3;2-3H2,1H3,(H,4,5,6). The van der Waals surface area contributed by atoms with Crippen LogP contribution in [0.2, 0.25) is 0 Å². The normalized spacial score (nSPS) is 15.1. The van der Waals surface area contributed by atoms with Gasteiger partial charge in [0.05, 0.1) is 21.1 Å². The average Bonchev–Trinajstić information content (AvgIpc) is 1.58. The highest BCUT2D eigenvalue weighted by molar-refractivity contribution is 8.29. The molecule has 1 atom stereocenters. The summed E-state index contributed by atoms with van der Waals surface area (Å²) in [4.78, 5) is 1.42. The summed E-state index contributed by atoms with van der Waals surface area (Å²) in [6.45, 7) is 1.78. The highest BCUT2D eigenvalue weighted by Gasteiger charge is 1.82. The third-order valence-electron chi connectivity index (χ3n) is 0.454. The van der Waals surface area contributed by atoms with Gasteiger partial charge in [0.2, 0.25) is 0 Å². The molecule has 0 bridgehead atoms. The first-order valence-corrected chi connectivity index (χ1v) is 6.07. The van der Waals surface area contributed by atoms with Crippen LogP contribution in [0.15, 0.2) is 0 Å². The highest BCUT2D eigenvalue weighted by atomic mass is 32.8. The van der Waals surface area contributed by atoms with Crippen molar-refractivity contribution in [1.29, 1.82) is 0 Å². The van der Waals surface area contributed by atoms with Crippen molar-refractivity contribution >= 4 is 20.0 Å². The first kappa shape index (κ1) is 13.9. The molecule has 0 radical (unpaired) electrons. The van der Waals surface area contributed by atoms with Crippen LogP contribution in [0, 0.1) is 0 Å². The lowest BCUT2D eigenvalue weighted by atomic mass is 10.6. The molecule has 5 heteroatoms. The first-order valence-electron chi connectivity index (χ1n) is 3.50. The number of hydrogen-bond donors (Lipinski definition) is 1. The van der Waals surface area contributed by atoms with Gasteiger partial charge in [-0.2, -0.15) is 0 Å². The van der Waals surface area contributed by atoms with Crippen LogP contribution in [0.3, 0.4) is 0 Å². The van der Waals surface area contributed by atoms with Crippen LogP contribution in [0.1, 0.15) is 13.3 Å². The highest BCUT2D eigenvalue weighted by Crippen LogP contribution is 1.84. The molecule has 0 amide bonds. The Bertz CT molecular complexity index is 161. The van der Waals surface area contributed by atoms with E-state index in [-0.39, 0.29) is 5.75 Å². The Morgan fingerprint density at radius 1 is 1.45 bits per heavy atom. The van der Waals surface area contributed by atoms with E-state index in [1.165, 1.54) is 4.90 Å². The van der Waals surface area contributed by atoms with Gasteiger partial charge in [0.15, 0.2) is 0 Å². The van der Waals surface area contributed by atoms with Crippen molar-refractivity contribution in [2.45, 2.75) is 13.3 Å². The van der Waals surface area contributed by atoms with E-state index >= 15 is 0 Å². The van der Waals surface area contributed by atoms with Crippen LogP contribution >= 0.6 is 0 Å². The van der Waals surface area contributed by atoms with E-state index < -0.39 is 8.77 Å². The summed E-state index contributed by atoms with van der Waals surface area (Å²) in [6.07, 6.45) is 0.617. The van der Waals surface area contributed by atoms with E-state index in [0.29, 0.717) is 6.42 Å². The largest absolute Gasteiger partial charge is 0.769 e. The molecule has 1 unspecified atom stereocenters. The summed E-state index contributed by atoms with van der Waals surface area (Å²) in [5.74, 6) is 0.127. The predicted octanol–water partition coefficient (Wildman–Crippen LogP) is -0.966. The predicted molar refractivity (Wildman–Crippen MR) is 50.2 cm³/mol. The van der Waals surface area contributed by atoms with Gasteiger partial charge in [-0.1, -0.05) is 6.92 Å². The molecular formula is C6H17NO2S2. The molecule has 1 N–H and O–H groups in total. The molecule has 0 saturated heterocycles. The molecule has 11 heavy (non-hydrogen) atoms. The third kappa shape index (κ3) is 38.4. The van der Waals surface area contributed by atoms with Gasteiger partial charge in [-0.05, 0) is 26.4 Å². The molecule has 70 valence electrons. The number of rotatable bonds is 2. The Kier molecular flexibility index (Phi) is 8.77. The minimum Gasteiger partial charge on any atom is -0.769 e. The van der Waals surface area contributed by atoms with Crippen molar-refractivity contribution in [3.8, 4) is 0 Å². The minimum absolute atomic E-state index is 0.127. The van der Waals surface area contributed by atoms with Crippen LogP contribution in [0.5, 0.6) is 0 Å². The lowest BCUT2D eigenvalue weighted by molar-refractivity contribution is -0.836. The van der Waals surface area contributed by atoms with Gasteiger partial charge in [-0.15, -0.1) is 0 Å². The molecule has 0 rings (SSSR count). The van der Waals surface area contributed by atoms with Crippen LogP contribution in [0.4, 0.5) is 0 Å². The van der Waals surface area contributed by atoms with Crippen molar-refractivity contribution in [3.05, 3.63) is 0 Å². The summed E-state index contributed by atoms with van der Waals surface area (Å²) in [6, 6.07) is 0. The zero-order chi connectivity index (χ0) is 9.49. The first-order chi connectivity index (χ1) is 4.79. The fraction of sp³-hybridized carbons (Fsp3) is 1.00. The molecular weight excluding hydrogens is 182 g/mol. The molecule has 0 aliphatic heterocycles. The topological polar surface area (TPSA) is 44.6 Å². The quantitative estimate of drug-likeness (QED) is 0.623. The third-order valence-corrected chi connectivity index (χ3v) is 1.86. The Balaban J connectivity index is 0. The maximum Gasteiger partial charge on any atom is 0.0661 e. The average molecular weight is 199 g/mol. The summed E-state index contributed by atoms with van der Waals surface area (Å²) in [5.41, 5.74) is 0. The van der Waals surface area contributed by atoms with Gasteiger partial charge in [-0.3, -0.25) is 4.21 Å². The molecule has 0 aromatic carbocycles. The molecule has 0 saturated carbocycles. The van der Waals surface area contributed by atoms with Crippen LogP contribution in [0.25, 0.3) is 0 Å². The molecule has 0 aliphatic carbocycles. The molecule has 0 spiro atoms. The van der Waals surface area contributed by atoms with Gasteiger partial charge in [0, 0.05) is 5.75 Å². The Morgan fingerprint density at radius 3 is 1.73 bits per heavy atom. The van der Waals surface area contributed by atoms with E-state index in [1.807, 2.05) is 0 Å².